The van der Waals surface area contributed by atoms with E-state index in [0.29, 0.717) is 13.1 Å². The average Bonchev–Trinajstić information content (AvgIpc) is 2.35. The molecule has 0 saturated heterocycles. The Bertz CT molecular complexity index is 424. The normalized spacial score (nSPS) is 12.5. The van der Waals surface area contributed by atoms with Crippen LogP contribution in [0, 0.1) is 11.7 Å². The minimum Gasteiger partial charge on any atom is -0.355 e. The summed E-state index contributed by atoms with van der Waals surface area (Å²) in [5.41, 5.74) is 5.98. The van der Waals surface area contributed by atoms with Crippen molar-refractivity contribution in [3.05, 3.63) is 35.6 Å². The molecule has 108 valence electrons. The molecule has 0 aromatic heterocycles. The number of rotatable bonds is 5. The van der Waals surface area contributed by atoms with E-state index in [1.165, 1.54) is 12.1 Å². The van der Waals surface area contributed by atoms with Gasteiger partial charge in [0.15, 0.2) is 0 Å². The highest BCUT2D eigenvalue weighted by atomic mass is 35.5. The fourth-order valence-electron chi connectivity index (χ4n) is 1.60. The van der Waals surface area contributed by atoms with Gasteiger partial charge in [-0.15, -0.1) is 12.4 Å². The van der Waals surface area contributed by atoms with Gasteiger partial charge < -0.3 is 11.1 Å². The van der Waals surface area contributed by atoms with E-state index < -0.39 is 0 Å². The molecular formula is C14H22ClFN2O. The first-order chi connectivity index (χ1) is 8.36. The molecule has 1 amide bonds. The van der Waals surface area contributed by atoms with Crippen molar-refractivity contribution in [2.24, 2.45) is 11.7 Å². The Hall–Kier alpha value is -1.13. The molecule has 0 aliphatic rings. The van der Waals surface area contributed by atoms with Gasteiger partial charge in [-0.05, 0) is 17.7 Å². The minimum atomic E-state index is -0.313. The highest BCUT2D eigenvalue weighted by Crippen LogP contribution is 2.22. The maximum atomic E-state index is 13.2. The van der Waals surface area contributed by atoms with Gasteiger partial charge in [-0.1, -0.05) is 32.9 Å². The van der Waals surface area contributed by atoms with Crippen molar-refractivity contribution in [2.75, 3.05) is 13.1 Å². The van der Waals surface area contributed by atoms with Crippen LogP contribution in [0.1, 0.15) is 26.3 Å². The molecular weight excluding hydrogens is 267 g/mol. The van der Waals surface area contributed by atoms with Crippen molar-refractivity contribution >= 4 is 18.3 Å². The van der Waals surface area contributed by atoms with Crippen molar-refractivity contribution in [1.82, 2.24) is 5.32 Å². The lowest BCUT2D eigenvalue weighted by atomic mass is 9.84. The summed E-state index contributed by atoms with van der Waals surface area (Å²) in [7, 11) is 0. The zero-order valence-corrected chi connectivity index (χ0v) is 12.4. The van der Waals surface area contributed by atoms with Gasteiger partial charge in [0.2, 0.25) is 5.91 Å². The summed E-state index contributed by atoms with van der Waals surface area (Å²) in [5.74, 6) is -0.530. The molecule has 0 saturated carbocycles. The van der Waals surface area contributed by atoms with Crippen LogP contribution in [0.3, 0.4) is 0 Å². The number of halogens is 2. The van der Waals surface area contributed by atoms with E-state index in [9.17, 15) is 9.18 Å². The second kappa shape index (κ2) is 7.46. The Morgan fingerprint density at radius 2 is 2.11 bits per heavy atom. The topological polar surface area (TPSA) is 55.1 Å². The summed E-state index contributed by atoms with van der Waals surface area (Å²) in [6, 6.07) is 6.45. The zero-order valence-electron chi connectivity index (χ0n) is 11.6. The van der Waals surface area contributed by atoms with Crippen molar-refractivity contribution < 1.29 is 9.18 Å². The van der Waals surface area contributed by atoms with Gasteiger partial charge in [0, 0.05) is 24.4 Å². The lowest BCUT2D eigenvalue weighted by Gasteiger charge is -2.26. The molecule has 1 rings (SSSR count). The van der Waals surface area contributed by atoms with Gasteiger partial charge in [0.05, 0.1) is 0 Å². The third-order valence-corrected chi connectivity index (χ3v) is 3.11. The molecule has 0 bridgehead atoms. The largest absolute Gasteiger partial charge is 0.355 e. The molecule has 0 heterocycles. The summed E-state index contributed by atoms with van der Waals surface area (Å²) in [6.45, 7) is 6.50. The van der Waals surface area contributed by atoms with Gasteiger partial charge in [0.1, 0.15) is 5.82 Å². The average molecular weight is 289 g/mol. The first-order valence-corrected chi connectivity index (χ1v) is 6.10. The van der Waals surface area contributed by atoms with E-state index in [1.807, 2.05) is 19.9 Å². The molecule has 3 nitrogen and oxygen atoms in total. The molecule has 3 N–H and O–H groups in total. The van der Waals surface area contributed by atoms with Crippen LogP contribution in [0.2, 0.25) is 0 Å². The quantitative estimate of drug-likeness (QED) is 0.873. The predicted octanol–water partition coefficient (Wildman–Crippen LogP) is 2.24. The number of carbonyl (C=O) groups is 1. The second-order valence-corrected chi connectivity index (χ2v) is 5.25. The molecule has 0 fully saturated rings. The number of hydrogen-bond donors (Lipinski definition) is 2. The fraction of sp³-hybridized carbons (Fsp3) is 0.500. The molecule has 0 spiro atoms. The lowest BCUT2D eigenvalue weighted by molar-refractivity contribution is -0.124. The molecule has 1 atom stereocenters. The van der Waals surface area contributed by atoms with Crippen molar-refractivity contribution in [2.45, 2.75) is 26.2 Å². The van der Waals surface area contributed by atoms with Crippen LogP contribution in [0.4, 0.5) is 4.39 Å². The number of nitrogens with one attached hydrogen (secondary N) is 1. The maximum absolute atomic E-state index is 13.2. The SMILES string of the molecule is CC(CN)C(=O)NCC(C)(C)c1cccc(F)c1.Cl. The monoisotopic (exact) mass is 288 g/mol. The first-order valence-electron chi connectivity index (χ1n) is 6.10. The molecule has 0 radical (unpaired) electrons. The van der Waals surface area contributed by atoms with Crippen molar-refractivity contribution in [1.29, 1.82) is 0 Å². The van der Waals surface area contributed by atoms with Crippen LogP contribution in [-0.4, -0.2) is 19.0 Å². The highest BCUT2D eigenvalue weighted by molar-refractivity contribution is 5.85. The zero-order chi connectivity index (χ0) is 13.8. The molecule has 0 aliphatic carbocycles. The first kappa shape index (κ1) is 17.9. The summed E-state index contributed by atoms with van der Waals surface area (Å²) in [4.78, 5) is 11.7. The number of amides is 1. The summed E-state index contributed by atoms with van der Waals surface area (Å²) in [6.07, 6.45) is 0. The van der Waals surface area contributed by atoms with Gasteiger partial charge in [0.25, 0.3) is 0 Å². The summed E-state index contributed by atoms with van der Waals surface area (Å²) in [5, 5.41) is 2.85. The second-order valence-electron chi connectivity index (χ2n) is 5.25. The number of hydrogen-bond acceptors (Lipinski definition) is 2. The van der Waals surface area contributed by atoms with Crippen molar-refractivity contribution in [3.8, 4) is 0 Å². The summed E-state index contributed by atoms with van der Waals surface area (Å²) >= 11 is 0. The van der Waals surface area contributed by atoms with E-state index in [2.05, 4.69) is 5.32 Å². The van der Waals surface area contributed by atoms with Gasteiger partial charge in [-0.3, -0.25) is 4.79 Å². The van der Waals surface area contributed by atoms with Gasteiger partial charge in [-0.25, -0.2) is 4.39 Å². The van der Waals surface area contributed by atoms with Crippen LogP contribution in [0.25, 0.3) is 0 Å². The molecule has 1 unspecified atom stereocenters. The Morgan fingerprint density at radius 1 is 1.47 bits per heavy atom. The molecule has 0 aliphatic heterocycles. The fourth-order valence-corrected chi connectivity index (χ4v) is 1.60. The van der Waals surface area contributed by atoms with Crippen molar-refractivity contribution in [3.63, 3.8) is 0 Å². The molecule has 19 heavy (non-hydrogen) atoms. The Morgan fingerprint density at radius 3 is 2.63 bits per heavy atom. The highest BCUT2D eigenvalue weighted by Gasteiger charge is 2.22. The predicted molar refractivity (Wildman–Crippen MR) is 77.9 cm³/mol. The van der Waals surface area contributed by atoms with E-state index in [-0.39, 0.29) is 35.5 Å². The third-order valence-electron chi connectivity index (χ3n) is 3.11. The smallest absolute Gasteiger partial charge is 0.224 e. The van der Waals surface area contributed by atoms with Gasteiger partial charge >= 0.3 is 0 Å². The summed E-state index contributed by atoms with van der Waals surface area (Å²) < 4.78 is 13.2. The van der Waals surface area contributed by atoms with Crippen LogP contribution in [0.15, 0.2) is 24.3 Å². The number of nitrogens with two attached hydrogens (primary N) is 1. The minimum absolute atomic E-state index is 0. The third kappa shape index (κ3) is 5.17. The van der Waals surface area contributed by atoms with Crippen LogP contribution < -0.4 is 11.1 Å². The Labute approximate surface area is 120 Å². The molecule has 1 aromatic rings. The van der Waals surface area contributed by atoms with Gasteiger partial charge in [-0.2, -0.15) is 0 Å². The Kier molecular flexibility index (Phi) is 7.01. The molecule has 5 heteroatoms. The van der Waals surface area contributed by atoms with E-state index >= 15 is 0 Å². The van der Waals surface area contributed by atoms with E-state index in [0.717, 1.165) is 5.56 Å². The Balaban J connectivity index is 0.00000324. The lowest BCUT2D eigenvalue weighted by Crippen LogP contribution is -2.40. The van der Waals surface area contributed by atoms with Crippen LogP contribution in [-0.2, 0) is 10.2 Å². The number of carbonyl (C=O) groups excluding carboxylic acids is 1. The maximum Gasteiger partial charge on any atom is 0.224 e. The van der Waals surface area contributed by atoms with Crippen LogP contribution >= 0.6 is 12.4 Å². The van der Waals surface area contributed by atoms with E-state index in [1.54, 1.807) is 13.0 Å². The van der Waals surface area contributed by atoms with E-state index in [4.69, 9.17) is 5.73 Å². The molecule has 1 aromatic carbocycles. The standard InChI is InChI=1S/C14H21FN2O.ClH/c1-10(8-16)13(18)17-9-14(2,3)11-5-4-6-12(15)7-11;/h4-7,10H,8-9,16H2,1-3H3,(H,17,18);1H. The van der Waals surface area contributed by atoms with Crippen LogP contribution in [0.5, 0.6) is 0 Å². The number of benzene rings is 1.